The van der Waals surface area contributed by atoms with Gasteiger partial charge in [0.15, 0.2) is 0 Å². The Bertz CT molecular complexity index is 260. The van der Waals surface area contributed by atoms with Crippen molar-refractivity contribution in [3.63, 3.8) is 0 Å². The summed E-state index contributed by atoms with van der Waals surface area (Å²) in [7, 11) is 1.74. The molecule has 0 aromatic heterocycles. The Hall–Kier alpha value is -0.810. The maximum absolute atomic E-state index is 11.5. The Morgan fingerprint density at radius 2 is 2.31 bits per heavy atom. The second-order valence-electron chi connectivity index (χ2n) is 4.00. The molecule has 0 saturated carbocycles. The molecular weight excluding hydrogens is 230 g/mol. The number of rotatable bonds is 4. The molecule has 0 bridgehead atoms. The molecule has 94 valence electrons. The summed E-state index contributed by atoms with van der Waals surface area (Å²) in [6.45, 7) is 2.68. The van der Waals surface area contributed by atoms with E-state index in [1.807, 2.05) is 6.92 Å². The fraction of sp³-hybridized carbons (Fsp3) is 0.800. The molecule has 16 heavy (non-hydrogen) atoms. The van der Waals surface area contributed by atoms with Gasteiger partial charge >= 0.3 is 0 Å². The van der Waals surface area contributed by atoms with Crippen LogP contribution in [-0.2, 0) is 9.59 Å². The lowest BCUT2D eigenvalue weighted by Crippen LogP contribution is -2.47. The van der Waals surface area contributed by atoms with Gasteiger partial charge in [-0.2, -0.15) is 0 Å². The summed E-state index contributed by atoms with van der Waals surface area (Å²) in [5, 5.41) is 2.69. The third kappa shape index (κ3) is 3.64. The van der Waals surface area contributed by atoms with Crippen LogP contribution < -0.4 is 11.1 Å². The van der Waals surface area contributed by atoms with Crippen LogP contribution in [0.1, 0.15) is 26.2 Å². The molecule has 1 aliphatic rings. The van der Waals surface area contributed by atoms with E-state index in [9.17, 15) is 9.59 Å². The highest BCUT2D eigenvalue weighted by atomic mass is 35.5. The zero-order valence-electron chi connectivity index (χ0n) is 9.73. The number of halogens is 1. The van der Waals surface area contributed by atoms with Crippen LogP contribution in [-0.4, -0.2) is 42.4 Å². The Labute approximate surface area is 102 Å². The Kier molecular flexibility index (Phi) is 6.36. The number of nitrogens with two attached hydrogens (primary N) is 1. The maximum atomic E-state index is 11.5. The molecular formula is C10H20ClN3O2. The zero-order valence-corrected chi connectivity index (χ0v) is 10.5. The van der Waals surface area contributed by atoms with Crippen molar-refractivity contribution in [2.45, 2.75) is 38.3 Å². The van der Waals surface area contributed by atoms with Crippen LogP contribution in [0.3, 0.4) is 0 Å². The number of likely N-dealkylation sites (N-methyl/N-ethyl adjacent to an activating group) is 1. The van der Waals surface area contributed by atoms with Gasteiger partial charge in [-0.15, -0.1) is 12.4 Å². The summed E-state index contributed by atoms with van der Waals surface area (Å²) in [4.78, 5) is 24.6. The van der Waals surface area contributed by atoms with Gasteiger partial charge in [-0.1, -0.05) is 13.3 Å². The summed E-state index contributed by atoms with van der Waals surface area (Å²) >= 11 is 0. The van der Waals surface area contributed by atoms with E-state index in [1.165, 1.54) is 0 Å². The number of carbonyl (C=O) groups is 2. The quantitative estimate of drug-likeness (QED) is 0.730. The Balaban J connectivity index is 0.00000225. The highest BCUT2D eigenvalue weighted by Gasteiger charge is 2.31. The molecule has 6 heteroatoms. The normalized spacial score (nSPS) is 21.6. The molecule has 2 atom stereocenters. The standard InChI is InChI=1S/C10H19N3O2.ClH/c1-3-4-7(11)9(14)12-8-5-6-13(2)10(8)15;/h7-8H,3-6,11H2,1-2H3,(H,12,14);1H. The predicted molar refractivity (Wildman–Crippen MR) is 64.3 cm³/mol. The van der Waals surface area contributed by atoms with Crippen LogP contribution in [0.4, 0.5) is 0 Å². The van der Waals surface area contributed by atoms with E-state index in [1.54, 1.807) is 11.9 Å². The third-order valence-electron chi connectivity index (χ3n) is 2.68. The van der Waals surface area contributed by atoms with Gasteiger partial charge in [0.05, 0.1) is 6.04 Å². The van der Waals surface area contributed by atoms with Gasteiger partial charge in [0.25, 0.3) is 0 Å². The SMILES string of the molecule is CCCC(N)C(=O)NC1CCN(C)C1=O.Cl. The van der Waals surface area contributed by atoms with Crippen molar-refractivity contribution in [3.05, 3.63) is 0 Å². The van der Waals surface area contributed by atoms with Gasteiger partial charge in [0.2, 0.25) is 11.8 Å². The van der Waals surface area contributed by atoms with Crippen LogP contribution in [0.15, 0.2) is 0 Å². The largest absolute Gasteiger partial charge is 0.344 e. The maximum Gasteiger partial charge on any atom is 0.244 e. The van der Waals surface area contributed by atoms with E-state index in [4.69, 9.17) is 5.73 Å². The average Bonchev–Trinajstić information content (AvgIpc) is 2.50. The molecule has 1 saturated heterocycles. The topological polar surface area (TPSA) is 75.4 Å². The number of hydrogen-bond acceptors (Lipinski definition) is 3. The van der Waals surface area contributed by atoms with Crippen molar-refractivity contribution in [2.24, 2.45) is 5.73 Å². The van der Waals surface area contributed by atoms with Gasteiger partial charge < -0.3 is 16.0 Å². The van der Waals surface area contributed by atoms with E-state index in [-0.39, 0.29) is 30.3 Å². The van der Waals surface area contributed by atoms with E-state index in [0.717, 1.165) is 6.42 Å². The Morgan fingerprint density at radius 3 is 2.75 bits per heavy atom. The summed E-state index contributed by atoms with van der Waals surface area (Å²) in [5.41, 5.74) is 5.65. The number of amides is 2. The van der Waals surface area contributed by atoms with Crippen molar-refractivity contribution in [3.8, 4) is 0 Å². The molecule has 0 aromatic rings. The van der Waals surface area contributed by atoms with E-state index < -0.39 is 6.04 Å². The smallest absolute Gasteiger partial charge is 0.244 e. The Morgan fingerprint density at radius 1 is 1.69 bits per heavy atom. The minimum Gasteiger partial charge on any atom is -0.344 e. The van der Waals surface area contributed by atoms with Gasteiger partial charge in [-0.05, 0) is 12.8 Å². The lowest BCUT2D eigenvalue weighted by molar-refractivity contribution is -0.132. The second kappa shape index (κ2) is 6.70. The molecule has 1 aliphatic heterocycles. The fourth-order valence-corrected chi connectivity index (χ4v) is 1.68. The van der Waals surface area contributed by atoms with Crippen LogP contribution in [0, 0.1) is 0 Å². The second-order valence-corrected chi connectivity index (χ2v) is 4.00. The van der Waals surface area contributed by atoms with Gasteiger partial charge in [-0.25, -0.2) is 0 Å². The molecule has 0 aromatic carbocycles. The molecule has 1 fully saturated rings. The van der Waals surface area contributed by atoms with E-state index in [2.05, 4.69) is 5.32 Å². The minimum absolute atomic E-state index is 0. The van der Waals surface area contributed by atoms with Crippen LogP contribution in [0.5, 0.6) is 0 Å². The van der Waals surface area contributed by atoms with Crippen molar-refractivity contribution >= 4 is 24.2 Å². The van der Waals surface area contributed by atoms with Crippen molar-refractivity contribution < 1.29 is 9.59 Å². The summed E-state index contributed by atoms with van der Waals surface area (Å²) in [6.07, 6.45) is 2.20. The fourth-order valence-electron chi connectivity index (χ4n) is 1.68. The molecule has 2 unspecified atom stereocenters. The van der Waals surface area contributed by atoms with Gasteiger partial charge in [0, 0.05) is 13.6 Å². The number of nitrogens with one attached hydrogen (secondary N) is 1. The van der Waals surface area contributed by atoms with E-state index in [0.29, 0.717) is 19.4 Å². The van der Waals surface area contributed by atoms with Crippen LogP contribution in [0.25, 0.3) is 0 Å². The highest BCUT2D eigenvalue weighted by molar-refractivity contribution is 5.90. The van der Waals surface area contributed by atoms with Crippen molar-refractivity contribution in [2.75, 3.05) is 13.6 Å². The predicted octanol–water partition coefficient (Wildman–Crippen LogP) is -0.117. The molecule has 1 rings (SSSR count). The first-order valence-electron chi connectivity index (χ1n) is 5.37. The summed E-state index contributed by atoms with van der Waals surface area (Å²) in [5.74, 6) is -0.238. The molecule has 5 nitrogen and oxygen atoms in total. The minimum atomic E-state index is -0.492. The molecule has 0 radical (unpaired) electrons. The lowest BCUT2D eigenvalue weighted by Gasteiger charge is -2.15. The van der Waals surface area contributed by atoms with Gasteiger partial charge in [-0.3, -0.25) is 9.59 Å². The molecule has 0 aliphatic carbocycles. The van der Waals surface area contributed by atoms with E-state index >= 15 is 0 Å². The molecule has 1 heterocycles. The van der Waals surface area contributed by atoms with Crippen LogP contribution in [0.2, 0.25) is 0 Å². The molecule has 3 N–H and O–H groups in total. The van der Waals surface area contributed by atoms with Crippen molar-refractivity contribution in [1.82, 2.24) is 10.2 Å². The highest BCUT2D eigenvalue weighted by Crippen LogP contribution is 2.08. The average molecular weight is 250 g/mol. The lowest BCUT2D eigenvalue weighted by atomic mass is 10.1. The third-order valence-corrected chi connectivity index (χ3v) is 2.68. The monoisotopic (exact) mass is 249 g/mol. The summed E-state index contributed by atoms with van der Waals surface area (Å²) < 4.78 is 0. The number of nitrogens with zero attached hydrogens (tertiary/aromatic N) is 1. The number of hydrogen-bond donors (Lipinski definition) is 2. The summed E-state index contributed by atoms with van der Waals surface area (Å²) in [6, 6.07) is -0.862. The first-order chi connectivity index (χ1) is 7.06. The molecule has 0 spiro atoms. The van der Waals surface area contributed by atoms with Crippen LogP contribution >= 0.6 is 12.4 Å². The van der Waals surface area contributed by atoms with Gasteiger partial charge in [0.1, 0.15) is 6.04 Å². The first-order valence-corrected chi connectivity index (χ1v) is 5.37. The molecule has 2 amide bonds. The first kappa shape index (κ1) is 15.2. The number of likely N-dealkylation sites (tertiary alicyclic amines) is 1. The van der Waals surface area contributed by atoms with Crippen molar-refractivity contribution in [1.29, 1.82) is 0 Å². The number of carbonyl (C=O) groups excluding carboxylic acids is 2. The zero-order chi connectivity index (χ0) is 11.4.